The number of nitrogens with one attached hydrogen (secondary N) is 1. The molecule has 5 nitrogen and oxygen atoms in total. The van der Waals surface area contributed by atoms with Crippen molar-refractivity contribution in [3.63, 3.8) is 0 Å². The van der Waals surface area contributed by atoms with Crippen LogP contribution in [0, 0.1) is 18.3 Å². The molecule has 23 heavy (non-hydrogen) atoms. The van der Waals surface area contributed by atoms with Crippen molar-refractivity contribution in [2.24, 2.45) is 0 Å². The second-order valence-electron chi connectivity index (χ2n) is 5.21. The molecule has 0 aliphatic rings. The van der Waals surface area contributed by atoms with Crippen LogP contribution in [0.4, 0.5) is 0 Å². The zero-order chi connectivity index (χ0) is 16.8. The van der Waals surface area contributed by atoms with E-state index in [9.17, 15) is 4.79 Å². The van der Waals surface area contributed by atoms with E-state index >= 15 is 0 Å². The normalized spacial score (nSPS) is 11.4. The lowest BCUT2D eigenvalue weighted by Gasteiger charge is -2.18. The van der Waals surface area contributed by atoms with E-state index in [1.54, 1.807) is 6.07 Å². The highest BCUT2D eigenvalue weighted by Gasteiger charge is 2.16. The molecule has 0 saturated carbocycles. The molecule has 1 aromatic carbocycles. The topological polar surface area (TPSA) is 75.0 Å². The maximum Gasteiger partial charge on any atom is 0.253 e. The van der Waals surface area contributed by atoms with Gasteiger partial charge in [0.2, 0.25) is 0 Å². The van der Waals surface area contributed by atoms with Crippen LogP contribution in [0.1, 0.15) is 47.1 Å². The number of nitriles is 1. The van der Waals surface area contributed by atoms with Gasteiger partial charge >= 0.3 is 0 Å². The second-order valence-corrected chi connectivity index (χ2v) is 5.21. The van der Waals surface area contributed by atoms with Crippen LogP contribution in [-0.4, -0.2) is 17.5 Å². The Labute approximate surface area is 135 Å². The largest absolute Gasteiger partial charge is 0.494 e. The van der Waals surface area contributed by atoms with E-state index in [0.29, 0.717) is 12.2 Å². The number of rotatable bonds is 5. The highest BCUT2D eigenvalue weighted by atomic mass is 16.5. The number of aryl methyl sites for hydroxylation is 1. The molecular formula is C18H19N3O2. The van der Waals surface area contributed by atoms with Crippen molar-refractivity contribution in [2.75, 3.05) is 6.61 Å². The minimum atomic E-state index is -0.238. The Balaban J connectivity index is 2.17. The number of amides is 1. The number of carbonyl (C=O) groups is 1. The summed E-state index contributed by atoms with van der Waals surface area (Å²) < 4.78 is 5.63. The molecule has 2 rings (SSSR count). The molecule has 0 bridgehead atoms. The molecule has 1 atom stereocenters. The van der Waals surface area contributed by atoms with Crippen LogP contribution >= 0.6 is 0 Å². The molecule has 1 N–H and O–H groups in total. The van der Waals surface area contributed by atoms with Crippen molar-refractivity contribution in [2.45, 2.75) is 26.8 Å². The molecule has 1 amide bonds. The zero-order valence-corrected chi connectivity index (χ0v) is 13.5. The molecule has 1 heterocycles. The lowest BCUT2D eigenvalue weighted by Crippen LogP contribution is -2.27. The van der Waals surface area contributed by atoms with Gasteiger partial charge in [-0.15, -0.1) is 0 Å². The summed E-state index contributed by atoms with van der Waals surface area (Å²) in [5.74, 6) is 0.530. The fraction of sp³-hybridized carbons (Fsp3) is 0.278. The zero-order valence-electron chi connectivity index (χ0n) is 13.5. The Morgan fingerprint density at radius 2 is 2.17 bits per heavy atom. The van der Waals surface area contributed by atoms with Crippen LogP contribution in [0.5, 0.6) is 5.75 Å². The van der Waals surface area contributed by atoms with Crippen molar-refractivity contribution in [3.8, 4) is 11.8 Å². The van der Waals surface area contributed by atoms with Gasteiger partial charge in [-0.1, -0.05) is 17.7 Å². The van der Waals surface area contributed by atoms with Crippen molar-refractivity contribution in [3.05, 3.63) is 58.9 Å². The average Bonchev–Trinajstić information content (AvgIpc) is 2.56. The SMILES string of the molecule is CCOc1ccc(C)cc1C(C)NC(=O)c1ccc(C#N)nc1. The summed E-state index contributed by atoms with van der Waals surface area (Å²) in [6, 6.07) is 10.7. The summed E-state index contributed by atoms with van der Waals surface area (Å²) in [4.78, 5) is 16.2. The van der Waals surface area contributed by atoms with Gasteiger partial charge in [-0.3, -0.25) is 4.79 Å². The third kappa shape index (κ3) is 4.07. The maximum atomic E-state index is 12.3. The van der Waals surface area contributed by atoms with Gasteiger partial charge in [0.15, 0.2) is 0 Å². The van der Waals surface area contributed by atoms with Crippen LogP contribution < -0.4 is 10.1 Å². The first kappa shape index (κ1) is 16.5. The second kappa shape index (κ2) is 7.41. The van der Waals surface area contributed by atoms with Gasteiger partial charge in [0.25, 0.3) is 5.91 Å². The third-order valence-electron chi connectivity index (χ3n) is 3.42. The Kier molecular flexibility index (Phi) is 5.32. The van der Waals surface area contributed by atoms with Crippen molar-refractivity contribution < 1.29 is 9.53 Å². The summed E-state index contributed by atoms with van der Waals surface area (Å²) in [6.07, 6.45) is 1.40. The summed E-state index contributed by atoms with van der Waals surface area (Å²) in [7, 11) is 0. The maximum absolute atomic E-state index is 12.3. The number of hydrogen-bond donors (Lipinski definition) is 1. The van der Waals surface area contributed by atoms with E-state index in [0.717, 1.165) is 16.9 Å². The van der Waals surface area contributed by atoms with Gasteiger partial charge in [-0.25, -0.2) is 4.98 Å². The van der Waals surface area contributed by atoms with Crippen LogP contribution in [-0.2, 0) is 0 Å². The van der Waals surface area contributed by atoms with E-state index in [2.05, 4.69) is 10.3 Å². The van der Waals surface area contributed by atoms with Gasteiger partial charge in [-0.05, 0) is 39.0 Å². The van der Waals surface area contributed by atoms with Crippen LogP contribution in [0.3, 0.4) is 0 Å². The number of hydrogen-bond acceptors (Lipinski definition) is 4. The molecule has 2 aromatic rings. The predicted octanol–water partition coefficient (Wildman–Crippen LogP) is 3.15. The summed E-state index contributed by atoms with van der Waals surface area (Å²) in [6.45, 7) is 6.40. The Morgan fingerprint density at radius 3 is 2.78 bits per heavy atom. The molecule has 1 unspecified atom stereocenters. The van der Waals surface area contributed by atoms with E-state index < -0.39 is 0 Å². The molecule has 1 aromatic heterocycles. The first-order chi connectivity index (χ1) is 11.0. The summed E-state index contributed by atoms with van der Waals surface area (Å²) in [5, 5.41) is 11.7. The highest BCUT2D eigenvalue weighted by Crippen LogP contribution is 2.26. The monoisotopic (exact) mass is 309 g/mol. The third-order valence-corrected chi connectivity index (χ3v) is 3.42. The number of aromatic nitrogens is 1. The molecule has 0 aliphatic carbocycles. The van der Waals surface area contributed by atoms with Gasteiger partial charge < -0.3 is 10.1 Å². The summed E-state index contributed by atoms with van der Waals surface area (Å²) >= 11 is 0. The lowest BCUT2D eigenvalue weighted by atomic mass is 10.0. The van der Waals surface area contributed by atoms with E-state index in [1.165, 1.54) is 12.3 Å². The fourth-order valence-electron chi connectivity index (χ4n) is 2.25. The van der Waals surface area contributed by atoms with Crippen LogP contribution in [0.15, 0.2) is 36.5 Å². The van der Waals surface area contributed by atoms with Crippen LogP contribution in [0.2, 0.25) is 0 Å². The first-order valence-corrected chi connectivity index (χ1v) is 7.45. The van der Waals surface area contributed by atoms with E-state index in [-0.39, 0.29) is 17.6 Å². The predicted molar refractivity (Wildman–Crippen MR) is 87.2 cm³/mol. The smallest absolute Gasteiger partial charge is 0.253 e. The highest BCUT2D eigenvalue weighted by molar-refractivity contribution is 5.94. The minimum Gasteiger partial charge on any atom is -0.494 e. The molecule has 0 radical (unpaired) electrons. The first-order valence-electron chi connectivity index (χ1n) is 7.45. The van der Waals surface area contributed by atoms with Gasteiger partial charge in [0, 0.05) is 11.8 Å². The number of pyridine rings is 1. The van der Waals surface area contributed by atoms with Gasteiger partial charge in [0.05, 0.1) is 18.2 Å². The molecule has 0 aliphatic heterocycles. The quantitative estimate of drug-likeness (QED) is 0.920. The molecule has 0 spiro atoms. The average molecular weight is 309 g/mol. The van der Waals surface area contributed by atoms with Crippen molar-refractivity contribution >= 4 is 5.91 Å². The van der Waals surface area contributed by atoms with Gasteiger partial charge in [-0.2, -0.15) is 5.26 Å². The standard InChI is InChI=1S/C18H19N3O2/c1-4-23-17-8-5-12(2)9-16(17)13(3)21-18(22)14-6-7-15(10-19)20-11-14/h5-9,11,13H,4H2,1-3H3,(H,21,22). The van der Waals surface area contributed by atoms with E-state index in [4.69, 9.17) is 10.00 Å². The number of nitrogens with zero attached hydrogens (tertiary/aromatic N) is 2. The summed E-state index contributed by atoms with van der Waals surface area (Å²) in [5.41, 5.74) is 2.74. The number of carbonyl (C=O) groups excluding carboxylic acids is 1. The molecule has 118 valence electrons. The van der Waals surface area contributed by atoms with E-state index in [1.807, 2.05) is 45.0 Å². The Hall–Kier alpha value is -2.87. The van der Waals surface area contributed by atoms with Gasteiger partial charge in [0.1, 0.15) is 17.5 Å². The Morgan fingerprint density at radius 1 is 1.39 bits per heavy atom. The fourth-order valence-corrected chi connectivity index (χ4v) is 2.25. The molecule has 0 fully saturated rings. The molecule has 5 heteroatoms. The molecular weight excluding hydrogens is 290 g/mol. The molecule has 0 saturated heterocycles. The van der Waals surface area contributed by atoms with Crippen LogP contribution in [0.25, 0.3) is 0 Å². The van der Waals surface area contributed by atoms with Crippen molar-refractivity contribution in [1.82, 2.24) is 10.3 Å². The number of ether oxygens (including phenoxy) is 1. The Bertz CT molecular complexity index is 733. The minimum absolute atomic E-state index is 0.209. The van der Waals surface area contributed by atoms with Crippen molar-refractivity contribution in [1.29, 1.82) is 5.26 Å². The number of benzene rings is 1. The lowest BCUT2D eigenvalue weighted by molar-refractivity contribution is 0.0939.